The Morgan fingerprint density at radius 3 is 2.21 bits per heavy atom. The molecule has 6 N–H and O–H groups in total. The minimum atomic E-state index is -2.01. The molecule has 15 heteroatoms. The van der Waals surface area contributed by atoms with Crippen LogP contribution in [-0.4, -0.2) is 124 Å². The monoisotopic (exact) mass is 809 g/mol. The van der Waals surface area contributed by atoms with Gasteiger partial charge in [0.15, 0.2) is 5.75 Å². The first-order valence-electron chi connectivity index (χ1n) is 19.7. The first-order valence-corrected chi connectivity index (χ1v) is 19.7. The van der Waals surface area contributed by atoms with Gasteiger partial charge in [-0.25, -0.2) is 0 Å². The third-order valence-electron chi connectivity index (χ3n) is 12.1. The zero-order valence-electron chi connectivity index (χ0n) is 35.0. The van der Waals surface area contributed by atoms with Gasteiger partial charge in [-0.05, 0) is 27.0 Å². The van der Waals surface area contributed by atoms with E-state index in [2.05, 4.69) is 10.2 Å². The van der Waals surface area contributed by atoms with Gasteiger partial charge >= 0.3 is 11.8 Å². The molecule has 2 aromatic rings. The van der Waals surface area contributed by atoms with Crippen molar-refractivity contribution < 1.29 is 58.9 Å². The Hall–Kier alpha value is -4.67. The highest BCUT2D eigenvalue weighted by Gasteiger charge is 2.50. The number of piperazine rings is 1. The maximum atomic E-state index is 14.4. The van der Waals surface area contributed by atoms with Crippen molar-refractivity contribution in [2.75, 3.05) is 45.7 Å². The first-order chi connectivity index (χ1) is 27.2. The van der Waals surface area contributed by atoms with E-state index in [1.807, 2.05) is 11.9 Å². The average Bonchev–Trinajstić information content (AvgIpc) is 3.45. The lowest BCUT2D eigenvalue weighted by atomic mass is 9.78. The third kappa shape index (κ3) is 8.55. The molecule has 15 nitrogen and oxygen atoms in total. The molecule has 1 unspecified atom stereocenters. The van der Waals surface area contributed by atoms with Crippen molar-refractivity contribution in [2.45, 2.75) is 92.1 Å². The van der Waals surface area contributed by atoms with Crippen LogP contribution < -0.4 is 10.1 Å². The number of carbonyl (C=O) groups excluding carboxylic acids is 3. The lowest BCUT2D eigenvalue weighted by Crippen LogP contribution is -2.46. The number of aliphatic hydroxyl groups is 2. The zero-order valence-corrected chi connectivity index (χ0v) is 35.0. The highest BCUT2D eigenvalue weighted by molar-refractivity contribution is 6.22. The predicted molar refractivity (Wildman–Crippen MR) is 217 cm³/mol. The number of likely N-dealkylation sites (N-methyl/N-ethyl adjacent to an activating group) is 1. The predicted octanol–water partition coefficient (Wildman–Crippen LogP) is 4.50. The number of benzene rings is 2. The summed E-state index contributed by atoms with van der Waals surface area (Å²) in [4.78, 5) is 44.7. The fourth-order valence-electron chi connectivity index (χ4n) is 8.17. The summed E-state index contributed by atoms with van der Waals surface area (Å²) in [7, 11) is 3.44. The molecular formula is C43H59N3O12. The van der Waals surface area contributed by atoms with Gasteiger partial charge in [0.25, 0.3) is 11.7 Å². The number of nitrogens with one attached hydrogen (secondary N) is 1. The molecule has 4 heterocycles. The molecule has 0 aliphatic carbocycles. The number of hydrogen-bond acceptors (Lipinski definition) is 14. The van der Waals surface area contributed by atoms with E-state index in [0.29, 0.717) is 13.1 Å². The van der Waals surface area contributed by atoms with E-state index >= 15 is 0 Å². The number of esters is 1. The zero-order chi connectivity index (χ0) is 43.0. The van der Waals surface area contributed by atoms with E-state index in [-0.39, 0.29) is 51.0 Å². The number of ether oxygens (including phenoxy) is 4. The van der Waals surface area contributed by atoms with Gasteiger partial charge in [-0.1, -0.05) is 45.9 Å². The molecule has 4 aliphatic heterocycles. The fraction of sp³-hybridized carbons (Fsp3) is 0.558. The largest absolute Gasteiger partial charge is 0.507 e. The molecule has 0 radical (unpaired) electrons. The molecule has 0 aromatic heterocycles. The highest BCUT2D eigenvalue weighted by atomic mass is 16.7. The molecule has 6 rings (SSSR count). The number of Topliss-reactive ketones (excluding diaryl/α,β-unsaturated/α-hetero) is 1. The van der Waals surface area contributed by atoms with Crippen LogP contribution in [0.4, 0.5) is 5.69 Å². The van der Waals surface area contributed by atoms with E-state index < -0.39 is 88.8 Å². The number of amides is 1. The number of carbonyl (C=O) groups is 3. The molecule has 4 aliphatic rings. The quantitative estimate of drug-likeness (QED) is 0.143. The standard InChI is InChI=1S/C43H59N3O12/c1-21-12-11-13-22(2)42(54)44-33-28(20-46-17-15-45(9)16-18-46)37(51)30-31(38(33)52)36(50)26(6)40-32(30)41(53)43(8,58-40)56-19-14-29(55-10)23(3)39(57-27(7)47)25(5)35(49)24(4)34(21)48/h11-14,19,21,23-25,29,34-35,39,48-52H,15-18,20H2,1-10H3,(H,44,54)/b12-11?,19-14?,22-13-/t21-,23-,24+,25?,29-,34-,35-,39-,43-/m1/s1. The van der Waals surface area contributed by atoms with Crippen LogP contribution in [0.25, 0.3) is 10.8 Å². The summed E-state index contributed by atoms with van der Waals surface area (Å²) in [6.07, 6.45) is 3.73. The molecule has 0 spiro atoms. The van der Waals surface area contributed by atoms with E-state index in [1.165, 1.54) is 46.3 Å². The molecule has 2 aromatic carbocycles. The number of fused-ring (bicyclic) bond motifs is 14. The topological polar surface area (TPSA) is 208 Å². The summed E-state index contributed by atoms with van der Waals surface area (Å²) < 4.78 is 23.7. The molecule has 5 bridgehead atoms. The van der Waals surface area contributed by atoms with Crippen LogP contribution in [0.2, 0.25) is 0 Å². The van der Waals surface area contributed by atoms with Crippen LogP contribution in [-0.2, 0) is 30.3 Å². The first kappa shape index (κ1) is 44.4. The van der Waals surface area contributed by atoms with Crippen LogP contribution in [0, 0.1) is 30.6 Å². The van der Waals surface area contributed by atoms with Gasteiger partial charge in [0, 0.05) is 99.4 Å². The molecular weight excluding hydrogens is 750 g/mol. The van der Waals surface area contributed by atoms with Gasteiger partial charge in [0.1, 0.15) is 23.4 Å². The molecule has 0 saturated carbocycles. The summed E-state index contributed by atoms with van der Waals surface area (Å²) >= 11 is 0. The summed E-state index contributed by atoms with van der Waals surface area (Å²) in [5.74, 6) is -7.86. The summed E-state index contributed by atoms with van der Waals surface area (Å²) in [6, 6.07) is 0. The Labute approximate surface area is 339 Å². The minimum absolute atomic E-state index is 0.0565. The van der Waals surface area contributed by atoms with Gasteiger partial charge in [-0.3, -0.25) is 19.3 Å². The van der Waals surface area contributed by atoms with Crippen molar-refractivity contribution in [3.8, 4) is 23.0 Å². The molecule has 1 amide bonds. The number of aromatic hydroxyl groups is 3. The number of aliphatic hydroxyl groups excluding tert-OH is 2. The van der Waals surface area contributed by atoms with Crippen LogP contribution in [0.15, 0.2) is 36.1 Å². The van der Waals surface area contributed by atoms with E-state index in [4.69, 9.17) is 18.9 Å². The lowest BCUT2D eigenvalue weighted by Gasteiger charge is -2.38. The Kier molecular flexibility index (Phi) is 13.5. The number of hydrogen-bond donors (Lipinski definition) is 6. The Morgan fingerprint density at radius 2 is 1.59 bits per heavy atom. The smallest absolute Gasteiger partial charge is 0.312 e. The van der Waals surface area contributed by atoms with Gasteiger partial charge in [-0.2, -0.15) is 0 Å². The van der Waals surface area contributed by atoms with Crippen LogP contribution in [0.5, 0.6) is 23.0 Å². The molecule has 1 saturated heterocycles. The molecule has 318 valence electrons. The summed E-state index contributed by atoms with van der Waals surface area (Å²) in [6.45, 7) is 15.4. The van der Waals surface area contributed by atoms with Crippen molar-refractivity contribution >= 4 is 34.1 Å². The highest BCUT2D eigenvalue weighted by Crippen LogP contribution is 2.55. The van der Waals surface area contributed by atoms with Gasteiger partial charge in [0.05, 0.1) is 41.2 Å². The maximum absolute atomic E-state index is 14.4. The third-order valence-corrected chi connectivity index (χ3v) is 12.1. The average molecular weight is 810 g/mol. The second-order valence-corrected chi connectivity index (χ2v) is 16.3. The number of methoxy groups -OCH3 is 1. The SMILES string of the molecule is CO[C@@H]1C=CO[C@]2(C)Oc3c(C)c(O)c4c(O)c(c(CN5CCN(C)CC5)c(O)c4c3C2=O)NC(=O)/C(C)=C\C=C[C@@H](C)[C@@H](O)[C@H](C)[C@@H](O)C(C)[C@H](OC(C)=O)[C@@H]1C. The maximum Gasteiger partial charge on any atom is 0.312 e. The van der Waals surface area contributed by atoms with Crippen molar-refractivity contribution in [1.82, 2.24) is 9.80 Å². The van der Waals surface area contributed by atoms with E-state index in [9.17, 15) is 39.9 Å². The van der Waals surface area contributed by atoms with Crippen LogP contribution >= 0.6 is 0 Å². The van der Waals surface area contributed by atoms with Crippen molar-refractivity contribution in [3.63, 3.8) is 0 Å². The second kappa shape index (κ2) is 17.7. The van der Waals surface area contributed by atoms with Crippen molar-refractivity contribution in [3.05, 3.63) is 52.8 Å². The van der Waals surface area contributed by atoms with Crippen LogP contribution in [0.1, 0.15) is 70.0 Å². The van der Waals surface area contributed by atoms with Gasteiger partial charge < -0.3 is 54.7 Å². The number of allylic oxidation sites excluding steroid dienone is 2. The number of anilines is 1. The van der Waals surface area contributed by atoms with Gasteiger partial charge in [-0.15, -0.1) is 0 Å². The molecule has 58 heavy (non-hydrogen) atoms. The summed E-state index contributed by atoms with van der Waals surface area (Å²) in [5, 5.41) is 60.9. The number of rotatable bonds is 4. The minimum Gasteiger partial charge on any atom is -0.507 e. The van der Waals surface area contributed by atoms with Gasteiger partial charge in [0.2, 0.25) is 0 Å². The molecule has 1 fully saturated rings. The fourth-order valence-corrected chi connectivity index (χ4v) is 8.17. The van der Waals surface area contributed by atoms with E-state index in [0.717, 1.165) is 13.1 Å². The van der Waals surface area contributed by atoms with E-state index in [1.54, 1.807) is 46.8 Å². The Morgan fingerprint density at radius 1 is 0.931 bits per heavy atom. The Bertz CT molecular complexity index is 2000. The number of phenols is 3. The lowest BCUT2D eigenvalue weighted by molar-refractivity contribution is -0.160. The van der Waals surface area contributed by atoms with Crippen molar-refractivity contribution in [2.24, 2.45) is 23.7 Å². The molecule has 9 atom stereocenters. The number of ketones is 1. The normalized spacial score (nSPS) is 31.5. The van der Waals surface area contributed by atoms with Crippen LogP contribution in [0.3, 0.4) is 0 Å². The van der Waals surface area contributed by atoms with Crippen molar-refractivity contribution in [1.29, 1.82) is 0 Å². The summed E-state index contributed by atoms with van der Waals surface area (Å²) in [5.41, 5.74) is 0.176. The number of phenolic OH excluding ortho intramolecular Hbond substituents is 3. The Balaban J connectivity index is 1.70. The second-order valence-electron chi connectivity index (χ2n) is 16.3. The number of nitrogens with zero attached hydrogens (tertiary/aromatic N) is 2.